The summed E-state index contributed by atoms with van der Waals surface area (Å²) < 4.78 is 16.1. The Hall–Kier alpha value is -2.27. The molecule has 1 aliphatic heterocycles. The van der Waals surface area contributed by atoms with Crippen molar-refractivity contribution in [2.75, 3.05) is 13.7 Å². The Morgan fingerprint density at radius 3 is 2.54 bits per heavy atom. The molecule has 0 bridgehead atoms. The van der Waals surface area contributed by atoms with Crippen molar-refractivity contribution < 1.29 is 31.0 Å². The molecule has 3 aromatic rings. The third-order valence-electron chi connectivity index (χ3n) is 5.22. The summed E-state index contributed by atoms with van der Waals surface area (Å²) >= 11 is 0. The molecule has 148 valence electrons. The zero-order chi connectivity index (χ0) is 18.6. The van der Waals surface area contributed by atoms with Gasteiger partial charge in [0.25, 0.3) is 5.82 Å². The molecule has 0 unspecified atom stereocenters. The molecule has 28 heavy (non-hydrogen) atoms. The van der Waals surface area contributed by atoms with Gasteiger partial charge in [-0.25, -0.2) is 4.57 Å². The van der Waals surface area contributed by atoms with Crippen LogP contribution in [0.3, 0.4) is 0 Å². The molecule has 2 heterocycles. The second-order valence-corrected chi connectivity index (χ2v) is 6.89. The van der Waals surface area contributed by atoms with Crippen LogP contribution in [-0.2, 0) is 13.0 Å². The molecule has 0 fully saturated rings. The van der Waals surface area contributed by atoms with Crippen LogP contribution in [0.1, 0.15) is 32.0 Å². The molecule has 0 spiro atoms. The number of aromatic nitrogens is 2. The quantitative estimate of drug-likeness (QED) is 0.560. The summed E-state index contributed by atoms with van der Waals surface area (Å²) in [7, 11) is 1.74. The van der Waals surface area contributed by atoms with Crippen LogP contribution in [0.25, 0.3) is 16.9 Å². The van der Waals surface area contributed by atoms with E-state index in [-0.39, 0.29) is 17.0 Å². The molecule has 5 heteroatoms. The average molecular weight is 443 g/mol. The Balaban J connectivity index is 0.00000225. The molecule has 0 amide bonds. The second-order valence-electron chi connectivity index (χ2n) is 6.89. The first kappa shape index (κ1) is 20.5. The Bertz CT molecular complexity index is 919. The first-order valence-corrected chi connectivity index (χ1v) is 9.82. The molecular weight excluding hydrogens is 416 g/mol. The van der Waals surface area contributed by atoms with Crippen LogP contribution in [0.4, 0.5) is 0 Å². The second kappa shape index (κ2) is 9.28. The molecule has 0 radical (unpaired) electrons. The highest BCUT2D eigenvalue weighted by molar-refractivity contribution is 5.65. The van der Waals surface area contributed by atoms with Gasteiger partial charge in [-0.2, -0.15) is 4.57 Å². The number of para-hydroxylation sites is 1. The van der Waals surface area contributed by atoms with Gasteiger partial charge in [0.15, 0.2) is 5.69 Å². The fourth-order valence-electron chi connectivity index (χ4n) is 3.93. The number of imidazole rings is 1. The van der Waals surface area contributed by atoms with E-state index in [1.165, 1.54) is 36.5 Å². The SMILES string of the molecule is CCOc1ccc(-n2cc(-c3ccccc3OC)[n+]3c2CCCCC3)cc1.[Br-]. The van der Waals surface area contributed by atoms with Gasteiger partial charge in [0.05, 0.1) is 25.8 Å². The average Bonchev–Trinajstić information content (AvgIpc) is 2.89. The van der Waals surface area contributed by atoms with Crippen LogP contribution in [0.15, 0.2) is 54.7 Å². The molecule has 1 aliphatic rings. The first-order valence-electron chi connectivity index (χ1n) is 9.82. The summed E-state index contributed by atoms with van der Waals surface area (Å²) in [5.41, 5.74) is 3.54. The highest BCUT2D eigenvalue weighted by Gasteiger charge is 2.28. The number of hydrogen-bond donors (Lipinski definition) is 0. The standard InChI is InChI=1S/C23H27N2O2.BrH/c1-3-27-19-14-12-18(13-15-19)25-17-21(20-9-6-7-10-22(20)26-2)24-16-8-4-5-11-23(24)25;/h6-7,9-10,12-15,17H,3-5,8,11,16H2,1-2H3;1H/q+1;/p-1. The Morgan fingerprint density at radius 1 is 1.00 bits per heavy atom. The topological polar surface area (TPSA) is 27.3 Å². The zero-order valence-corrected chi connectivity index (χ0v) is 18.1. The lowest BCUT2D eigenvalue weighted by Crippen LogP contribution is -3.00. The molecule has 2 aromatic carbocycles. The first-order chi connectivity index (χ1) is 13.3. The van der Waals surface area contributed by atoms with Crippen LogP contribution in [-0.4, -0.2) is 18.3 Å². The molecule has 0 saturated carbocycles. The number of benzene rings is 2. The summed E-state index contributed by atoms with van der Waals surface area (Å²) in [4.78, 5) is 0. The van der Waals surface area contributed by atoms with E-state index in [0.29, 0.717) is 6.61 Å². The summed E-state index contributed by atoms with van der Waals surface area (Å²) in [6.07, 6.45) is 7.06. The number of halogens is 1. The lowest BCUT2D eigenvalue weighted by atomic mass is 10.1. The van der Waals surface area contributed by atoms with Crippen LogP contribution in [0, 0.1) is 0 Å². The van der Waals surface area contributed by atoms with Gasteiger partial charge in [0.1, 0.15) is 23.4 Å². The van der Waals surface area contributed by atoms with Gasteiger partial charge in [-0.3, -0.25) is 0 Å². The van der Waals surface area contributed by atoms with Crippen molar-refractivity contribution in [1.29, 1.82) is 0 Å². The van der Waals surface area contributed by atoms with Gasteiger partial charge in [0.2, 0.25) is 0 Å². The van der Waals surface area contributed by atoms with E-state index in [9.17, 15) is 0 Å². The summed E-state index contributed by atoms with van der Waals surface area (Å²) in [6, 6.07) is 16.7. The normalized spacial score (nSPS) is 13.2. The van der Waals surface area contributed by atoms with E-state index in [1.807, 2.05) is 19.1 Å². The largest absolute Gasteiger partial charge is 1.00 e. The highest BCUT2D eigenvalue weighted by Crippen LogP contribution is 2.30. The minimum atomic E-state index is 0. The molecule has 0 atom stereocenters. The van der Waals surface area contributed by atoms with E-state index in [0.717, 1.165) is 30.0 Å². The van der Waals surface area contributed by atoms with Gasteiger partial charge in [0, 0.05) is 6.42 Å². The minimum absolute atomic E-state index is 0. The molecular formula is C23H27BrN2O2. The summed E-state index contributed by atoms with van der Waals surface area (Å²) in [6.45, 7) is 3.74. The summed E-state index contributed by atoms with van der Waals surface area (Å²) in [5.74, 6) is 3.19. The minimum Gasteiger partial charge on any atom is -1.00 e. The molecule has 0 N–H and O–H groups in total. The lowest BCUT2D eigenvalue weighted by molar-refractivity contribution is -0.692. The molecule has 4 nitrogen and oxygen atoms in total. The van der Waals surface area contributed by atoms with Crippen LogP contribution >= 0.6 is 0 Å². The third-order valence-corrected chi connectivity index (χ3v) is 5.22. The van der Waals surface area contributed by atoms with Crippen molar-refractivity contribution in [2.45, 2.75) is 39.2 Å². The fourth-order valence-corrected chi connectivity index (χ4v) is 3.93. The van der Waals surface area contributed by atoms with Crippen molar-refractivity contribution >= 4 is 0 Å². The Morgan fingerprint density at radius 2 is 1.79 bits per heavy atom. The van der Waals surface area contributed by atoms with Crippen molar-refractivity contribution in [1.82, 2.24) is 4.57 Å². The predicted octanol–water partition coefficient (Wildman–Crippen LogP) is 1.57. The number of rotatable bonds is 5. The van der Waals surface area contributed by atoms with E-state index in [1.54, 1.807) is 7.11 Å². The molecule has 0 saturated heterocycles. The van der Waals surface area contributed by atoms with Crippen molar-refractivity contribution in [3.63, 3.8) is 0 Å². The van der Waals surface area contributed by atoms with Gasteiger partial charge in [-0.15, -0.1) is 0 Å². The fraction of sp³-hybridized carbons (Fsp3) is 0.348. The van der Waals surface area contributed by atoms with E-state index in [2.05, 4.69) is 51.7 Å². The maximum atomic E-state index is 5.64. The van der Waals surface area contributed by atoms with E-state index < -0.39 is 0 Å². The number of ether oxygens (including phenoxy) is 2. The van der Waals surface area contributed by atoms with Crippen molar-refractivity contribution in [3.8, 4) is 28.4 Å². The maximum absolute atomic E-state index is 5.64. The van der Waals surface area contributed by atoms with Crippen LogP contribution < -0.4 is 31.0 Å². The van der Waals surface area contributed by atoms with E-state index >= 15 is 0 Å². The van der Waals surface area contributed by atoms with Gasteiger partial charge in [-0.1, -0.05) is 12.1 Å². The highest BCUT2D eigenvalue weighted by atomic mass is 79.9. The number of fused-ring (bicyclic) bond motifs is 1. The number of nitrogens with zero attached hydrogens (tertiary/aromatic N) is 2. The van der Waals surface area contributed by atoms with Crippen molar-refractivity contribution in [3.05, 3.63) is 60.6 Å². The number of hydrogen-bond acceptors (Lipinski definition) is 2. The van der Waals surface area contributed by atoms with Gasteiger partial charge in [-0.05, 0) is 62.6 Å². The Kier molecular flexibility index (Phi) is 6.79. The zero-order valence-electron chi connectivity index (χ0n) is 16.5. The smallest absolute Gasteiger partial charge is 0.262 e. The molecule has 0 aliphatic carbocycles. The Labute approximate surface area is 177 Å². The van der Waals surface area contributed by atoms with E-state index in [4.69, 9.17) is 9.47 Å². The van der Waals surface area contributed by atoms with Gasteiger partial charge < -0.3 is 26.5 Å². The molecule has 4 rings (SSSR count). The summed E-state index contributed by atoms with van der Waals surface area (Å²) in [5, 5.41) is 0. The van der Waals surface area contributed by atoms with Crippen molar-refractivity contribution in [2.24, 2.45) is 0 Å². The monoisotopic (exact) mass is 442 g/mol. The van der Waals surface area contributed by atoms with Crippen LogP contribution in [0.5, 0.6) is 11.5 Å². The lowest BCUT2D eigenvalue weighted by Gasteiger charge is -2.07. The number of methoxy groups -OCH3 is 1. The van der Waals surface area contributed by atoms with Crippen LogP contribution in [0.2, 0.25) is 0 Å². The third kappa shape index (κ3) is 3.95. The predicted molar refractivity (Wildman–Crippen MR) is 107 cm³/mol. The van der Waals surface area contributed by atoms with Gasteiger partial charge >= 0.3 is 0 Å². The maximum Gasteiger partial charge on any atom is 0.262 e. The molecule has 1 aromatic heterocycles.